The molecule has 2 aromatic rings. The summed E-state index contributed by atoms with van der Waals surface area (Å²) in [5.74, 6) is 0. The average Bonchev–Trinajstić information content (AvgIpc) is 2.55. The first-order chi connectivity index (χ1) is 7.65. The van der Waals surface area contributed by atoms with Crippen LogP contribution in [0.1, 0.15) is 16.1 Å². The molecule has 0 unspecified atom stereocenters. The molecule has 1 aromatic heterocycles. The number of hydrogen-bond acceptors (Lipinski definition) is 2. The lowest BCUT2D eigenvalue weighted by molar-refractivity contribution is 0.111. The van der Waals surface area contributed by atoms with Gasteiger partial charge in [0.2, 0.25) is 0 Å². The Morgan fingerprint density at radius 2 is 2.06 bits per heavy atom. The lowest BCUT2D eigenvalue weighted by Crippen LogP contribution is -1.96. The van der Waals surface area contributed by atoms with Gasteiger partial charge in [0.15, 0.2) is 6.29 Å². The molecule has 0 atom stereocenters. The van der Waals surface area contributed by atoms with Gasteiger partial charge in [-0.05, 0) is 28.4 Å². The fourth-order valence-corrected chi connectivity index (χ4v) is 2.29. The zero-order valence-corrected chi connectivity index (χ0v) is 10.7. The molecule has 2 rings (SSSR count). The van der Waals surface area contributed by atoms with Crippen LogP contribution in [0.2, 0.25) is 0 Å². The molecule has 0 aliphatic carbocycles. The highest BCUT2D eigenvalue weighted by Crippen LogP contribution is 2.31. The van der Waals surface area contributed by atoms with Crippen molar-refractivity contribution in [2.24, 2.45) is 7.05 Å². The molecule has 0 radical (unpaired) electrons. The third-order valence-corrected chi connectivity index (χ3v) is 3.33. The van der Waals surface area contributed by atoms with Gasteiger partial charge >= 0.3 is 0 Å². The Balaban J connectivity index is 2.66. The molecule has 0 fully saturated rings. The van der Waals surface area contributed by atoms with E-state index in [-0.39, 0.29) is 0 Å². The van der Waals surface area contributed by atoms with Gasteiger partial charge in [-0.1, -0.05) is 24.3 Å². The first-order valence-corrected chi connectivity index (χ1v) is 5.68. The Morgan fingerprint density at radius 1 is 1.38 bits per heavy atom. The molecule has 0 aliphatic rings. The van der Waals surface area contributed by atoms with E-state index in [1.165, 1.54) is 0 Å². The van der Waals surface area contributed by atoms with Crippen LogP contribution in [0.5, 0.6) is 0 Å². The van der Waals surface area contributed by atoms with Crippen molar-refractivity contribution in [3.63, 3.8) is 0 Å². The van der Waals surface area contributed by atoms with Crippen LogP contribution in [0.25, 0.3) is 11.3 Å². The Hall–Kier alpha value is -1.42. The Morgan fingerprint density at radius 3 is 2.62 bits per heavy atom. The van der Waals surface area contributed by atoms with E-state index in [9.17, 15) is 4.79 Å². The van der Waals surface area contributed by atoms with Crippen LogP contribution in [-0.4, -0.2) is 16.1 Å². The van der Waals surface area contributed by atoms with Crippen molar-refractivity contribution in [3.8, 4) is 11.3 Å². The highest BCUT2D eigenvalue weighted by atomic mass is 79.9. The van der Waals surface area contributed by atoms with Crippen molar-refractivity contribution >= 4 is 22.2 Å². The molecule has 4 heteroatoms. The van der Waals surface area contributed by atoms with Crippen molar-refractivity contribution in [3.05, 3.63) is 40.0 Å². The predicted octanol–water partition coefficient (Wildman–Crippen LogP) is 2.97. The summed E-state index contributed by atoms with van der Waals surface area (Å²) in [6.07, 6.45) is 0.804. The largest absolute Gasteiger partial charge is 0.296 e. The molecule has 0 saturated heterocycles. The van der Waals surface area contributed by atoms with E-state index in [1.54, 1.807) is 11.7 Å². The van der Waals surface area contributed by atoms with Gasteiger partial charge in [0.25, 0.3) is 0 Å². The summed E-state index contributed by atoms with van der Waals surface area (Å²) in [5.41, 5.74) is 3.54. The maximum absolute atomic E-state index is 10.9. The number of aldehydes is 1. The van der Waals surface area contributed by atoms with E-state index < -0.39 is 0 Å². The van der Waals surface area contributed by atoms with Gasteiger partial charge in [-0.15, -0.1) is 0 Å². The van der Waals surface area contributed by atoms with Gasteiger partial charge in [-0.2, -0.15) is 5.10 Å². The van der Waals surface area contributed by atoms with Crippen molar-refractivity contribution in [2.45, 2.75) is 6.92 Å². The van der Waals surface area contributed by atoms with Crippen LogP contribution in [0, 0.1) is 6.92 Å². The summed E-state index contributed by atoms with van der Waals surface area (Å²) < 4.78 is 2.33. The zero-order valence-electron chi connectivity index (χ0n) is 9.07. The maximum Gasteiger partial charge on any atom is 0.169 e. The van der Waals surface area contributed by atoms with E-state index in [0.29, 0.717) is 5.69 Å². The van der Waals surface area contributed by atoms with E-state index in [0.717, 1.165) is 27.6 Å². The van der Waals surface area contributed by atoms with Crippen molar-refractivity contribution in [1.29, 1.82) is 0 Å². The lowest BCUT2D eigenvalue weighted by atomic mass is 10.1. The van der Waals surface area contributed by atoms with Crippen molar-refractivity contribution < 1.29 is 4.79 Å². The molecule has 0 bridgehead atoms. The monoisotopic (exact) mass is 278 g/mol. The molecular formula is C12H11BrN2O. The fraction of sp³-hybridized carbons (Fsp3) is 0.167. The Bertz CT molecular complexity index is 546. The highest BCUT2D eigenvalue weighted by molar-refractivity contribution is 9.10. The van der Waals surface area contributed by atoms with Crippen LogP contribution >= 0.6 is 15.9 Å². The van der Waals surface area contributed by atoms with Gasteiger partial charge in [-0.25, -0.2) is 0 Å². The van der Waals surface area contributed by atoms with Crippen molar-refractivity contribution in [1.82, 2.24) is 9.78 Å². The highest BCUT2D eigenvalue weighted by Gasteiger charge is 2.15. The van der Waals surface area contributed by atoms with E-state index >= 15 is 0 Å². The van der Waals surface area contributed by atoms with Gasteiger partial charge in [0.05, 0.1) is 4.47 Å². The second kappa shape index (κ2) is 4.22. The first-order valence-electron chi connectivity index (χ1n) is 4.89. The van der Waals surface area contributed by atoms with E-state index in [4.69, 9.17) is 0 Å². The molecular weight excluding hydrogens is 268 g/mol. The van der Waals surface area contributed by atoms with Crippen LogP contribution in [0.4, 0.5) is 0 Å². The summed E-state index contributed by atoms with van der Waals surface area (Å²) in [4.78, 5) is 10.9. The van der Waals surface area contributed by atoms with Crippen LogP contribution in [-0.2, 0) is 7.05 Å². The Kier molecular flexibility index (Phi) is 2.92. The standard InChI is InChI=1S/C12H11BrN2O/c1-8-5-3-4-6-9(8)12-11(13)10(7-16)15(2)14-12/h3-7H,1-2H3. The summed E-state index contributed by atoms with van der Waals surface area (Å²) in [6.45, 7) is 2.02. The number of rotatable bonds is 2. The molecule has 1 heterocycles. The van der Waals surface area contributed by atoms with Gasteiger partial charge in [0, 0.05) is 12.6 Å². The van der Waals surface area contributed by atoms with Gasteiger partial charge in [-0.3, -0.25) is 9.48 Å². The summed E-state index contributed by atoms with van der Waals surface area (Å²) in [7, 11) is 1.76. The van der Waals surface area contributed by atoms with Crippen LogP contribution in [0.3, 0.4) is 0 Å². The summed E-state index contributed by atoms with van der Waals surface area (Å²) in [5, 5.41) is 4.35. The number of halogens is 1. The number of carbonyl (C=O) groups is 1. The van der Waals surface area contributed by atoms with Gasteiger partial charge < -0.3 is 0 Å². The molecule has 16 heavy (non-hydrogen) atoms. The minimum atomic E-state index is 0.554. The van der Waals surface area contributed by atoms with Crippen LogP contribution in [0.15, 0.2) is 28.7 Å². The van der Waals surface area contributed by atoms with E-state index in [2.05, 4.69) is 21.0 Å². The molecule has 0 saturated carbocycles. The second-order valence-corrected chi connectivity index (χ2v) is 4.40. The molecule has 0 aliphatic heterocycles. The third-order valence-electron chi connectivity index (χ3n) is 2.54. The van der Waals surface area contributed by atoms with Gasteiger partial charge in [0.1, 0.15) is 11.4 Å². The SMILES string of the molecule is Cc1ccccc1-c1nn(C)c(C=O)c1Br. The molecule has 0 amide bonds. The summed E-state index contributed by atoms with van der Waals surface area (Å²) in [6, 6.07) is 7.97. The molecule has 82 valence electrons. The molecule has 1 aromatic carbocycles. The number of nitrogens with zero attached hydrogens (tertiary/aromatic N) is 2. The smallest absolute Gasteiger partial charge is 0.169 e. The minimum absolute atomic E-state index is 0.554. The zero-order chi connectivity index (χ0) is 11.7. The van der Waals surface area contributed by atoms with Crippen molar-refractivity contribution in [2.75, 3.05) is 0 Å². The third kappa shape index (κ3) is 1.69. The Labute approximate surface area is 102 Å². The van der Waals surface area contributed by atoms with E-state index in [1.807, 2.05) is 31.2 Å². The average molecular weight is 279 g/mol. The number of aryl methyl sites for hydroxylation is 2. The quantitative estimate of drug-likeness (QED) is 0.792. The number of aromatic nitrogens is 2. The fourth-order valence-electron chi connectivity index (χ4n) is 1.65. The predicted molar refractivity (Wildman–Crippen MR) is 66.5 cm³/mol. The topological polar surface area (TPSA) is 34.9 Å². The molecule has 3 nitrogen and oxygen atoms in total. The molecule has 0 N–H and O–H groups in total. The number of hydrogen-bond donors (Lipinski definition) is 0. The summed E-state index contributed by atoms with van der Waals surface area (Å²) >= 11 is 3.42. The second-order valence-electron chi connectivity index (χ2n) is 3.60. The number of benzene rings is 1. The molecule has 0 spiro atoms. The normalized spacial score (nSPS) is 10.4. The van der Waals surface area contributed by atoms with Crippen LogP contribution < -0.4 is 0 Å². The first kappa shape index (κ1) is 11.1. The maximum atomic E-state index is 10.9. The number of carbonyl (C=O) groups excluding carboxylic acids is 1. The lowest BCUT2D eigenvalue weighted by Gasteiger charge is -2.01. The minimum Gasteiger partial charge on any atom is -0.296 e.